The summed E-state index contributed by atoms with van der Waals surface area (Å²) in [4.78, 5) is 12.7. The molecule has 1 aliphatic heterocycles. The van der Waals surface area contributed by atoms with E-state index < -0.39 is 0 Å². The van der Waals surface area contributed by atoms with E-state index in [1.165, 1.54) is 6.92 Å². The van der Waals surface area contributed by atoms with Crippen LogP contribution in [0.25, 0.3) is 0 Å². The van der Waals surface area contributed by atoms with Crippen LogP contribution >= 0.6 is 0 Å². The molecule has 0 unspecified atom stereocenters. The fraction of sp³-hybridized carbons (Fsp3) is 0.778. The molecule has 0 spiro atoms. The molecule has 0 bridgehead atoms. The number of rotatable bonds is 2. The van der Waals surface area contributed by atoms with Crippen LogP contribution in [0.3, 0.4) is 0 Å². The first-order valence-electron chi connectivity index (χ1n) is 4.49. The highest BCUT2D eigenvalue weighted by Gasteiger charge is 2.20. The molecule has 0 amide bonds. The van der Waals surface area contributed by atoms with Gasteiger partial charge in [-0.3, -0.25) is 9.69 Å². The third-order valence-corrected chi connectivity index (χ3v) is 2.16. The van der Waals surface area contributed by atoms with Gasteiger partial charge in [0, 0.05) is 20.0 Å². The third kappa shape index (κ3) is 3.43. The van der Waals surface area contributed by atoms with Crippen molar-refractivity contribution in [2.45, 2.75) is 25.9 Å². The second kappa shape index (κ2) is 4.83. The molecule has 1 heterocycles. The van der Waals surface area contributed by atoms with Crippen molar-refractivity contribution in [1.82, 2.24) is 4.90 Å². The number of ether oxygens (including phenoxy) is 1. The van der Waals surface area contributed by atoms with E-state index in [4.69, 9.17) is 10.00 Å². The van der Waals surface area contributed by atoms with Crippen molar-refractivity contribution in [2.75, 3.05) is 19.6 Å². The fourth-order valence-corrected chi connectivity index (χ4v) is 1.52. The zero-order chi connectivity index (χ0) is 9.68. The van der Waals surface area contributed by atoms with Gasteiger partial charge in [0.15, 0.2) is 0 Å². The largest absolute Gasteiger partial charge is 0.462 e. The van der Waals surface area contributed by atoms with E-state index in [1.807, 2.05) is 0 Å². The molecular formula is C9H14N2O2. The van der Waals surface area contributed by atoms with Gasteiger partial charge in [0.1, 0.15) is 6.10 Å². The summed E-state index contributed by atoms with van der Waals surface area (Å²) >= 11 is 0. The molecule has 1 aliphatic rings. The second-order valence-corrected chi connectivity index (χ2v) is 3.24. The molecule has 1 rings (SSSR count). The molecule has 0 atom stereocenters. The summed E-state index contributed by atoms with van der Waals surface area (Å²) < 4.78 is 5.07. The number of carbonyl (C=O) groups excluding carboxylic acids is 1. The monoisotopic (exact) mass is 182 g/mol. The maximum Gasteiger partial charge on any atom is 0.302 e. The second-order valence-electron chi connectivity index (χ2n) is 3.24. The Balaban J connectivity index is 2.23. The number of hydrogen-bond donors (Lipinski definition) is 0. The predicted octanol–water partition coefficient (Wildman–Crippen LogP) is 0.537. The number of hydrogen-bond acceptors (Lipinski definition) is 4. The van der Waals surface area contributed by atoms with E-state index in [2.05, 4.69) is 11.0 Å². The summed E-state index contributed by atoms with van der Waals surface area (Å²) in [5.74, 6) is -0.210. The third-order valence-electron chi connectivity index (χ3n) is 2.16. The SMILES string of the molecule is CC(=O)OC1CCN(CC#N)CC1. The van der Waals surface area contributed by atoms with Crippen LogP contribution in [0.1, 0.15) is 19.8 Å². The number of nitriles is 1. The van der Waals surface area contributed by atoms with Gasteiger partial charge in [-0.2, -0.15) is 5.26 Å². The van der Waals surface area contributed by atoms with Crippen molar-refractivity contribution >= 4 is 5.97 Å². The van der Waals surface area contributed by atoms with Gasteiger partial charge in [0.25, 0.3) is 0 Å². The fourth-order valence-electron chi connectivity index (χ4n) is 1.52. The van der Waals surface area contributed by atoms with Gasteiger partial charge < -0.3 is 4.74 Å². The van der Waals surface area contributed by atoms with Crippen LogP contribution in [0.5, 0.6) is 0 Å². The molecule has 0 N–H and O–H groups in total. The molecule has 0 radical (unpaired) electrons. The van der Waals surface area contributed by atoms with Crippen LogP contribution in [-0.4, -0.2) is 36.6 Å². The Labute approximate surface area is 78.1 Å². The van der Waals surface area contributed by atoms with Gasteiger partial charge in [0.05, 0.1) is 12.6 Å². The van der Waals surface area contributed by atoms with Gasteiger partial charge in [0.2, 0.25) is 0 Å². The molecule has 1 saturated heterocycles. The summed E-state index contributed by atoms with van der Waals surface area (Å²) in [7, 11) is 0. The van der Waals surface area contributed by atoms with E-state index in [9.17, 15) is 4.79 Å². The van der Waals surface area contributed by atoms with E-state index >= 15 is 0 Å². The summed E-state index contributed by atoms with van der Waals surface area (Å²) in [6, 6.07) is 2.11. The van der Waals surface area contributed by atoms with Crippen LogP contribution in [-0.2, 0) is 9.53 Å². The van der Waals surface area contributed by atoms with Crippen LogP contribution in [0.4, 0.5) is 0 Å². The quantitative estimate of drug-likeness (QED) is 0.462. The molecule has 4 nitrogen and oxygen atoms in total. The Morgan fingerprint density at radius 1 is 1.62 bits per heavy atom. The molecule has 4 heteroatoms. The maximum atomic E-state index is 10.6. The Bertz CT molecular complexity index is 214. The first-order valence-corrected chi connectivity index (χ1v) is 4.49. The summed E-state index contributed by atoms with van der Waals surface area (Å²) in [5, 5.41) is 8.45. The molecular weight excluding hydrogens is 168 g/mol. The average molecular weight is 182 g/mol. The van der Waals surface area contributed by atoms with Crippen molar-refractivity contribution in [3.8, 4) is 6.07 Å². The highest BCUT2D eigenvalue weighted by molar-refractivity contribution is 5.66. The van der Waals surface area contributed by atoms with Gasteiger partial charge in [-0.15, -0.1) is 0 Å². The maximum absolute atomic E-state index is 10.6. The first-order chi connectivity index (χ1) is 6.22. The van der Waals surface area contributed by atoms with E-state index in [0.29, 0.717) is 6.54 Å². The number of esters is 1. The number of carbonyl (C=O) groups is 1. The van der Waals surface area contributed by atoms with E-state index in [1.54, 1.807) is 0 Å². The van der Waals surface area contributed by atoms with Gasteiger partial charge >= 0.3 is 5.97 Å². The first kappa shape index (κ1) is 10.0. The molecule has 0 aromatic rings. The molecule has 0 saturated carbocycles. The molecule has 0 aromatic carbocycles. The highest BCUT2D eigenvalue weighted by Crippen LogP contribution is 2.12. The van der Waals surface area contributed by atoms with Crippen LogP contribution in [0.15, 0.2) is 0 Å². The zero-order valence-corrected chi connectivity index (χ0v) is 7.82. The lowest BCUT2D eigenvalue weighted by Crippen LogP contribution is -2.37. The van der Waals surface area contributed by atoms with Crippen molar-refractivity contribution in [3.05, 3.63) is 0 Å². The Hall–Kier alpha value is -1.08. The minimum atomic E-state index is -0.210. The lowest BCUT2D eigenvalue weighted by atomic mass is 10.1. The van der Waals surface area contributed by atoms with Gasteiger partial charge in [-0.1, -0.05) is 0 Å². The van der Waals surface area contributed by atoms with Gasteiger partial charge in [-0.05, 0) is 12.8 Å². The van der Waals surface area contributed by atoms with Crippen molar-refractivity contribution in [1.29, 1.82) is 5.26 Å². The lowest BCUT2D eigenvalue weighted by Gasteiger charge is -2.29. The standard InChI is InChI=1S/C9H14N2O2/c1-8(12)13-9-2-5-11(6-3-9)7-4-10/h9H,2-3,5-7H2,1H3. The molecule has 13 heavy (non-hydrogen) atoms. The van der Waals surface area contributed by atoms with Crippen molar-refractivity contribution in [2.24, 2.45) is 0 Å². The highest BCUT2D eigenvalue weighted by atomic mass is 16.5. The van der Waals surface area contributed by atoms with Crippen LogP contribution < -0.4 is 0 Å². The minimum Gasteiger partial charge on any atom is -0.462 e. The average Bonchev–Trinajstić information content (AvgIpc) is 2.08. The van der Waals surface area contributed by atoms with Crippen molar-refractivity contribution in [3.63, 3.8) is 0 Å². The normalized spacial score (nSPS) is 19.4. The zero-order valence-electron chi connectivity index (χ0n) is 7.82. The Kier molecular flexibility index (Phi) is 3.71. The Morgan fingerprint density at radius 2 is 2.23 bits per heavy atom. The number of nitrogens with zero attached hydrogens (tertiary/aromatic N) is 2. The molecule has 0 aliphatic carbocycles. The van der Waals surface area contributed by atoms with E-state index in [0.717, 1.165) is 25.9 Å². The van der Waals surface area contributed by atoms with Crippen molar-refractivity contribution < 1.29 is 9.53 Å². The Morgan fingerprint density at radius 3 is 2.69 bits per heavy atom. The molecule has 1 fully saturated rings. The summed E-state index contributed by atoms with van der Waals surface area (Å²) in [6.07, 6.45) is 1.76. The van der Waals surface area contributed by atoms with Crippen LogP contribution in [0.2, 0.25) is 0 Å². The lowest BCUT2D eigenvalue weighted by molar-refractivity contribution is -0.148. The number of piperidine rings is 1. The molecule has 0 aromatic heterocycles. The molecule has 72 valence electrons. The topological polar surface area (TPSA) is 53.3 Å². The van der Waals surface area contributed by atoms with Crippen LogP contribution in [0, 0.1) is 11.3 Å². The minimum absolute atomic E-state index is 0.0624. The number of likely N-dealkylation sites (tertiary alicyclic amines) is 1. The summed E-state index contributed by atoms with van der Waals surface area (Å²) in [6.45, 7) is 3.62. The van der Waals surface area contributed by atoms with E-state index in [-0.39, 0.29) is 12.1 Å². The summed E-state index contributed by atoms with van der Waals surface area (Å²) in [5.41, 5.74) is 0. The smallest absolute Gasteiger partial charge is 0.302 e. The van der Waals surface area contributed by atoms with Gasteiger partial charge in [-0.25, -0.2) is 0 Å². The predicted molar refractivity (Wildman–Crippen MR) is 46.8 cm³/mol.